The Kier molecular flexibility index (Phi) is 5.06. The minimum absolute atomic E-state index is 0.0385. The topological polar surface area (TPSA) is 75.6 Å². The van der Waals surface area contributed by atoms with Crippen LogP contribution in [0.15, 0.2) is 24.3 Å². The molecule has 1 unspecified atom stereocenters. The van der Waals surface area contributed by atoms with Crippen LogP contribution in [0.1, 0.15) is 50.5 Å². The first-order valence-electron chi connectivity index (χ1n) is 7.66. The molecule has 0 heterocycles. The van der Waals surface area contributed by atoms with Gasteiger partial charge in [-0.3, -0.25) is 4.79 Å². The Hall–Kier alpha value is -2.04. The first-order chi connectivity index (χ1) is 10.5. The van der Waals surface area contributed by atoms with E-state index in [1.165, 1.54) is 0 Å². The van der Waals surface area contributed by atoms with Gasteiger partial charge in [-0.25, -0.2) is 4.79 Å². The van der Waals surface area contributed by atoms with Crippen LogP contribution in [0.2, 0.25) is 0 Å². The van der Waals surface area contributed by atoms with Crippen LogP contribution >= 0.6 is 0 Å². The lowest BCUT2D eigenvalue weighted by Gasteiger charge is -2.26. The molecule has 1 aromatic rings. The molecule has 1 aromatic carbocycles. The van der Waals surface area contributed by atoms with E-state index >= 15 is 0 Å². The van der Waals surface area contributed by atoms with Crippen LogP contribution in [0.3, 0.4) is 0 Å². The summed E-state index contributed by atoms with van der Waals surface area (Å²) in [4.78, 5) is 23.8. The van der Waals surface area contributed by atoms with Gasteiger partial charge in [0.05, 0.1) is 7.11 Å². The van der Waals surface area contributed by atoms with Crippen molar-refractivity contribution in [2.75, 3.05) is 7.11 Å². The average Bonchev–Trinajstić information content (AvgIpc) is 2.96. The standard InChI is InChI=1S/C17H23NO4/c1-12(13-7-3-4-8-14(13)22-2)11-15(19)18-17(16(20)21)9-5-6-10-17/h3-4,7-8,12H,5-6,9-11H2,1-2H3,(H,18,19)(H,20,21). The Morgan fingerprint density at radius 3 is 2.55 bits per heavy atom. The summed E-state index contributed by atoms with van der Waals surface area (Å²) >= 11 is 0. The zero-order valence-electron chi connectivity index (χ0n) is 13.1. The second-order valence-electron chi connectivity index (χ2n) is 5.99. The van der Waals surface area contributed by atoms with Crippen LogP contribution in [0.4, 0.5) is 0 Å². The van der Waals surface area contributed by atoms with Crippen LogP contribution in [0.5, 0.6) is 5.75 Å². The first kappa shape index (κ1) is 16.3. The van der Waals surface area contributed by atoms with Crippen LogP contribution in [0.25, 0.3) is 0 Å². The van der Waals surface area contributed by atoms with E-state index in [-0.39, 0.29) is 18.2 Å². The highest BCUT2D eigenvalue weighted by atomic mass is 16.5. The Labute approximate surface area is 130 Å². The molecule has 0 radical (unpaired) electrons. The molecule has 120 valence electrons. The molecular formula is C17H23NO4. The second kappa shape index (κ2) is 6.81. The number of aliphatic carboxylic acids is 1. The van der Waals surface area contributed by atoms with Crippen molar-refractivity contribution in [1.29, 1.82) is 0 Å². The molecule has 5 nitrogen and oxygen atoms in total. The fourth-order valence-corrected chi connectivity index (χ4v) is 3.15. The molecule has 1 amide bonds. The third-order valence-corrected chi connectivity index (χ3v) is 4.41. The zero-order chi connectivity index (χ0) is 16.2. The number of carbonyl (C=O) groups excluding carboxylic acids is 1. The van der Waals surface area contributed by atoms with Gasteiger partial charge in [0.15, 0.2) is 0 Å². The first-order valence-corrected chi connectivity index (χ1v) is 7.66. The predicted octanol–water partition coefficient (Wildman–Crippen LogP) is 2.70. The van der Waals surface area contributed by atoms with E-state index in [0.717, 1.165) is 24.2 Å². The van der Waals surface area contributed by atoms with E-state index < -0.39 is 11.5 Å². The number of amides is 1. The molecule has 2 rings (SSSR count). The number of hydrogen-bond acceptors (Lipinski definition) is 3. The number of nitrogens with one attached hydrogen (secondary N) is 1. The van der Waals surface area contributed by atoms with Crippen LogP contribution in [0, 0.1) is 0 Å². The molecule has 1 aliphatic rings. The largest absolute Gasteiger partial charge is 0.496 e. The van der Waals surface area contributed by atoms with E-state index in [2.05, 4.69) is 5.32 Å². The number of carboxylic acid groups (broad SMARTS) is 1. The highest BCUT2D eigenvalue weighted by Gasteiger charge is 2.42. The van der Waals surface area contributed by atoms with Crippen molar-refractivity contribution in [3.05, 3.63) is 29.8 Å². The Morgan fingerprint density at radius 1 is 1.32 bits per heavy atom. The molecule has 0 bridgehead atoms. The molecule has 1 saturated carbocycles. The van der Waals surface area contributed by atoms with E-state index in [0.29, 0.717) is 12.8 Å². The maximum atomic E-state index is 12.3. The van der Waals surface area contributed by atoms with Gasteiger partial charge in [0, 0.05) is 6.42 Å². The Bertz CT molecular complexity index is 549. The molecule has 2 N–H and O–H groups in total. The van der Waals surface area contributed by atoms with E-state index in [9.17, 15) is 14.7 Å². The average molecular weight is 305 g/mol. The van der Waals surface area contributed by atoms with Crippen molar-refractivity contribution in [3.63, 3.8) is 0 Å². The second-order valence-corrected chi connectivity index (χ2v) is 5.99. The normalized spacial score (nSPS) is 17.7. The number of ether oxygens (including phenoxy) is 1. The number of rotatable bonds is 6. The van der Waals surface area contributed by atoms with Gasteiger partial charge in [0.25, 0.3) is 0 Å². The molecule has 1 aliphatic carbocycles. The number of para-hydroxylation sites is 1. The number of hydrogen-bond donors (Lipinski definition) is 2. The highest BCUT2D eigenvalue weighted by Crippen LogP contribution is 2.32. The lowest BCUT2D eigenvalue weighted by molar-refractivity contribution is -0.147. The quantitative estimate of drug-likeness (QED) is 0.847. The third kappa shape index (κ3) is 3.40. The molecule has 0 aliphatic heterocycles. The van der Waals surface area contributed by atoms with Crippen molar-refractivity contribution in [1.82, 2.24) is 5.32 Å². The number of carboxylic acids is 1. The van der Waals surface area contributed by atoms with Crippen molar-refractivity contribution in [2.24, 2.45) is 0 Å². The van der Waals surface area contributed by atoms with Crippen molar-refractivity contribution < 1.29 is 19.4 Å². The maximum Gasteiger partial charge on any atom is 0.329 e. The minimum atomic E-state index is -1.07. The van der Waals surface area contributed by atoms with Gasteiger partial charge >= 0.3 is 5.97 Å². The summed E-state index contributed by atoms with van der Waals surface area (Å²) in [5.41, 5.74) is -0.117. The third-order valence-electron chi connectivity index (χ3n) is 4.41. The van der Waals surface area contributed by atoms with Gasteiger partial charge in [0.1, 0.15) is 11.3 Å². The number of methoxy groups -OCH3 is 1. The molecule has 0 saturated heterocycles. The van der Waals surface area contributed by atoms with Crippen LogP contribution in [-0.2, 0) is 9.59 Å². The van der Waals surface area contributed by atoms with Crippen molar-refractivity contribution in [3.8, 4) is 5.75 Å². The summed E-state index contributed by atoms with van der Waals surface area (Å²) in [5.74, 6) is -0.439. The van der Waals surface area contributed by atoms with E-state index in [1.54, 1.807) is 7.11 Å². The maximum absolute atomic E-state index is 12.3. The molecular weight excluding hydrogens is 282 g/mol. The van der Waals surface area contributed by atoms with Gasteiger partial charge in [-0.05, 0) is 30.4 Å². The smallest absolute Gasteiger partial charge is 0.329 e. The van der Waals surface area contributed by atoms with Crippen LogP contribution < -0.4 is 10.1 Å². The molecule has 5 heteroatoms. The van der Waals surface area contributed by atoms with Gasteiger partial charge < -0.3 is 15.2 Å². The minimum Gasteiger partial charge on any atom is -0.496 e. The Balaban J connectivity index is 2.03. The van der Waals surface area contributed by atoms with Gasteiger partial charge in [-0.1, -0.05) is 38.0 Å². The summed E-state index contributed by atoms with van der Waals surface area (Å²) in [6.45, 7) is 1.94. The fourth-order valence-electron chi connectivity index (χ4n) is 3.15. The number of benzene rings is 1. The monoisotopic (exact) mass is 305 g/mol. The number of carbonyl (C=O) groups is 2. The molecule has 0 spiro atoms. The van der Waals surface area contributed by atoms with Crippen molar-refractivity contribution in [2.45, 2.75) is 50.5 Å². The van der Waals surface area contributed by atoms with E-state index in [1.807, 2.05) is 31.2 Å². The highest BCUT2D eigenvalue weighted by molar-refractivity contribution is 5.87. The van der Waals surface area contributed by atoms with Crippen molar-refractivity contribution >= 4 is 11.9 Å². The lowest BCUT2D eigenvalue weighted by Crippen LogP contribution is -2.52. The molecule has 22 heavy (non-hydrogen) atoms. The SMILES string of the molecule is COc1ccccc1C(C)CC(=O)NC1(C(=O)O)CCCC1. The van der Waals surface area contributed by atoms with Gasteiger partial charge in [-0.15, -0.1) is 0 Å². The predicted molar refractivity (Wildman–Crippen MR) is 83.0 cm³/mol. The molecule has 1 atom stereocenters. The summed E-state index contributed by atoms with van der Waals surface area (Å²) in [7, 11) is 1.60. The van der Waals surface area contributed by atoms with Gasteiger partial charge in [0.2, 0.25) is 5.91 Å². The lowest BCUT2D eigenvalue weighted by atomic mass is 9.94. The van der Waals surface area contributed by atoms with E-state index in [4.69, 9.17) is 4.74 Å². The van der Waals surface area contributed by atoms with Gasteiger partial charge in [-0.2, -0.15) is 0 Å². The fraction of sp³-hybridized carbons (Fsp3) is 0.529. The zero-order valence-corrected chi connectivity index (χ0v) is 13.1. The summed E-state index contributed by atoms with van der Waals surface area (Å²) in [6, 6.07) is 7.58. The summed E-state index contributed by atoms with van der Waals surface area (Å²) < 4.78 is 5.31. The van der Waals surface area contributed by atoms with Crippen LogP contribution in [-0.4, -0.2) is 29.6 Å². The molecule has 1 fully saturated rings. The molecule has 0 aromatic heterocycles. The Morgan fingerprint density at radius 2 is 1.95 bits per heavy atom. The summed E-state index contributed by atoms with van der Waals surface area (Å²) in [5, 5.41) is 12.2. The summed E-state index contributed by atoms with van der Waals surface area (Å²) in [6.07, 6.45) is 2.95.